The van der Waals surface area contributed by atoms with Gasteiger partial charge in [0, 0.05) is 17.1 Å². The molecule has 0 radical (unpaired) electrons. The third-order valence-corrected chi connectivity index (χ3v) is 3.06. The molecule has 0 saturated heterocycles. The normalized spacial score (nSPS) is 12.2. The number of fused-ring (bicyclic) bond motifs is 1. The Morgan fingerprint density at radius 2 is 2.20 bits per heavy atom. The molecule has 0 spiro atoms. The molecule has 3 heteroatoms. The number of pyridine rings is 1. The number of nitrogen functional groups attached to an aromatic ring is 1. The Morgan fingerprint density at radius 1 is 1.47 bits per heavy atom. The van der Waals surface area contributed by atoms with Crippen molar-refractivity contribution < 1.29 is 0 Å². The van der Waals surface area contributed by atoms with E-state index in [2.05, 4.69) is 42.6 Å². The molecule has 0 aliphatic rings. The van der Waals surface area contributed by atoms with Crippen LogP contribution in [-0.4, -0.2) is 9.55 Å². The summed E-state index contributed by atoms with van der Waals surface area (Å²) >= 11 is 0. The van der Waals surface area contributed by atoms with E-state index in [1.807, 2.05) is 6.07 Å². The van der Waals surface area contributed by atoms with Crippen molar-refractivity contribution in [2.75, 3.05) is 5.73 Å². The first-order valence-electron chi connectivity index (χ1n) is 5.27. The van der Waals surface area contributed by atoms with Gasteiger partial charge in [0.25, 0.3) is 0 Å². The van der Waals surface area contributed by atoms with Gasteiger partial charge in [-0.1, -0.05) is 6.92 Å². The Kier molecular flexibility index (Phi) is 2.18. The van der Waals surface area contributed by atoms with Crippen LogP contribution in [0.4, 0.5) is 5.69 Å². The minimum absolute atomic E-state index is 0.102. The standard InChI is InChI=1S/C12H17N3/c1-4-12(2,3)15-6-5-9-7-10(13)8-14-11(9)15/h5-8H,4,13H2,1-3H3. The second-order valence-corrected chi connectivity index (χ2v) is 4.53. The molecule has 2 rings (SSSR count). The molecule has 0 unspecified atom stereocenters. The van der Waals surface area contributed by atoms with Crippen molar-refractivity contribution in [3.05, 3.63) is 24.5 Å². The van der Waals surface area contributed by atoms with Crippen LogP contribution in [0.15, 0.2) is 24.5 Å². The lowest BCUT2D eigenvalue weighted by Crippen LogP contribution is -2.24. The number of hydrogen-bond donors (Lipinski definition) is 1. The van der Waals surface area contributed by atoms with Crippen LogP contribution in [0, 0.1) is 0 Å². The van der Waals surface area contributed by atoms with Crippen LogP contribution in [0.25, 0.3) is 11.0 Å². The summed E-state index contributed by atoms with van der Waals surface area (Å²) in [4.78, 5) is 4.39. The zero-order valence-electron chi connectivity index (χ0n) is 9.49. The van der Waals surface area contributed by atoms with Gasteiger partial charge in [-0.15, -0.1) is 0 Å². The molecule has 2 aromatic rings. The smallest absolute Gasteiger partial charge is 0.140 e. The van der Waals surface area contributed by atoms with Gasteiger partial charge in [-0.05, 0) is 32.4 Å². The van der Waals surface area contributed by atoms with Crippen LogP contribution < -0.4 is 5.73 Å². The average molecular weight is 203 g/mol. The summed E-state index contributed by atoms with van der Waals surface area (Å²) in [5.41, 5.74) is 7.53. The first kappa shape index (κ1) is 10.0. The molecule has 0 bridgehead atoms. The minimum atomic E-state index is 0.102. The van der Waals surface area contributed by atoms with E-state index in [4.69, 9.17) is 5.73 Å². The SMILES string of the molecule is CCC(C)(C)n1ccc2cc(N)cnc21. The summed E-state index contributed by atoms with van der Waals surface area (Å²) < 4.78 is 2.21. The molecule has 0 fully saturated rings. The molecule has 0 aliphatic carbocycles. The lowest BCUT2D eigenvalue weighted by atomic mass is 10.0. The number of nitrogens with two attached hydrogens (primary N) is 1. The van der Waals surface area contributed by atoms with Gasteiger partial charge in [-0.2, -0.15) is 0 Å². The average Bonchev–Trinajstić information content (AvgIpc) is 2.61. The van der Waals surface area contributed by atoms with E-state index in [0.717, 1.165) is 23.1 Å². The zero-order valence-corrected chi connectivity index (χ0v) is 9.49. The lowest BCUT2D eigenvalue weighted by Gasteiger charge is -2.25. The van der Waals surface area contributed by atoms with Gasteiger partial charge in [0.05, 0.1) is 11.9 Å². The van der Waals surface area contributed by atoms with E-state index in [1.54, 1.807) is 6.20 Å². The number of anilines is 1. The van der Waals surface area contributed by atoms with Crippen LogP contribution >= 0.6 is 0 Å². The second-order valence-electron chi connectivity index (χ2n) is 4.53. The van der Waals surface area contributed by atoms with Crippen LogP contribution in [0.5, 0.6) is 0 Å². The summed E-state index contributed by atoms with van der Waals surface area (Å²) in [7, 11) is 0. The van der Waals surface area contributed by atoms with Gasteiger partial charge in [0.2, 0.25) is 0 Å². The fourth-order valence-corrected chi connectivity index (χ4v) is 1.70. The van der Waals surface area contributed by atoms with Crippen molar-refractivity contribution in [3.63, 3.8) is 0 Å². The quantitative estimate of drug-likeness (QED) is 0.815. The highest BCUT2D eigenvalue weighted by molar-refractivity contribution is 5.79. The van der Waals surface area contributed by atoms with E-state index >= 15 is 0 Å². The van der Waals surface area contributed by atoms with Crippen molar-refractivity contribution >= 4 is 16.7 Å². The highest BCUT2D eigenvalue weighted by atomic mass is 15.1. The highest BCUT2D eigenvalue weighted by Gasteiger charge is 2.19. The third kappa shape index (κ3) is 1.58. The summed E-state index contributed by atoms with van der Waals surface area (Å²) in [5, 5.41) is 1.11. The first-order chi connectivity index (χ1) is 7.04. The number of hydrogen-bond acceptors (Lipinski definition) is 2. The van der Waals surface area contributed by atoms with Crippen molar-refractivity contribution in [2.45, 2.75) is 32.7 Å². The minimum Gasteiger partial charge on any atom is -0.397 e. The summed E-state index contributed by atoms with van der Waals surface area (Å²) in [6, 6.07) is 4.03. The van der Waals surface area contributed by atoms with Gasteiger partial charge in [0.15, 0.2) is 0 Å². The topological polar surface area (TPSA) is 43.8 Å². The molecule has 0 saturated carbocycles. The van der Waals surface area contributed by atoms with Gasteiger partial charge in [-0.3, -0.25) is 0 Å². The Balaban J connectivity index is 2.64. The Labute approximate surface area is 89.9 Å². The molecular formula is C12H17N3. The number of nitrogens with zero attached hydrogens (tertiary/aromatic N) is 2. The summed E-state index contributed by atoms with van der Waals surface area (Å²) in [5.74, 6) is 0. The fourth-order valence-electron chi connectivity index (χ4n) is 1.70. The van der Waals surface area contributed by atoms with Crippen LogP contribution in [0.2, 0.25) is 0 Å². The number of rotatable bonds is 2. The maximum Gasteiger partial charge on any atom is 0.140 e. The Bertz CT molecular complexity index is 483. The van der Waals surface area contributed by atoms with Gasteiger partial charge < -0.3 is 10.3 Å². The van der Waals surface area contributed by atoms with E-state index < -0.39 is 0 Å². The molecule has 3 nitrogen and oxygen atoms in total. The Hall–Kier alpha value is -1.51. The third-order valence-electron chi connectivity index (χ3n) is 3.06. The Morgan fingerprint density at radius 3 is 2.87 bits per heavy atom. The maximum absolute atomic E-state index is 5.70. The van der Waals surface area contributed by atoms with Crippen LogP contribution in [-0.2, 0) is 5.54 Å². The van der Waals surface area contributed by atoms with Crippen molar-refractivity contribution in [1.29, 1.82) is 0 Å². The van der Waals surface area contributed by atoms with E-state index in [0.29, 0.717) is 0 Å². The van der Waals surface area contributed by atoms with Crippen molar-refractivity contribution in [2.24, 2.45) is 0 Å². The van der Waals surface area contributed by atoms with E-state index in [-0.39, 0.29) is 5.54 Å². The molecular weight excluding hydrogens is 186 g/mol. The second kappa shape index (κ2) is 3.26. The molecule has 0 aromatic carbocycles. The van der Waals surface area contributed by atoms with E-state index in [9.17, 15) is 0 Å². The molecule has 0 atom stereocenters. The highest BCUT2D eigenvalue weighted by Crippen LogP contribution is 2.26. The van der Waals surface area contributed by atoms with Gasteiger partial charge in [0.1, 0.15) is 5.65 Å². The molecule has 0 amide bonds. The fraction of sp³-hybridized carbons (Fsp3) is 0.417. The molecule has 15 heavy (non-hydrogen) atoms. The number of aromatic nitrogens is 2. The van der Waals surface area contributed by atoms with Crippen LogP contribution in [0.1, 0.15) is 27.2 Å². The largest absolute Gasteiger partial charge is 0.397 e. The van der Waals surface area contributed by atoms with Gasteiger partial charge in [-0.25, -0.2) is 4.98 Å². The van der Waals surface area contributed by atoms with Crippen LogP contribution in [0.3, 0.4) is 0 Å². The molecule has 0 aliphatic heterocycles. The lowest BCUT2D eigenvalue weighted by molar-refractivity contribution is 0.352. The molecule has 2 N–H and O–H groups in total. The van der Waals surface area contributed by atoms with E-state index in [1.165, 1.54) is 0 Å². The summed E-state index contributed by atoms with van der Waals surface area (Å²) in [6.07, 6.45) is 4.87. The first-order valence-corrected chi connectivity index (χ1v) is 5.27. The molecule has 2 heterocycles. The zero-order chi connectivity index (χ0) is 11.1. The maximum atomic E-state index is 5.70. The molecule has 80 valence electrons. The predicted octanol–water partition coefficient (Wildman–Crippen LogP) is 2.76. The monoisotopic (exact) mass is 203 g/mol. The summed E-state index contributed by atoms with van der Waals surface area (Å²) in [6.45, 7) is 6.61. The van der Waals surface area contributed by atoms with Crippen molar-refractivity contribution in [1.82, 2.24) is 9.55 Å². The van der Waals surface area contributed by atoms with Crippen molar-refractivity contribution in [3.8, 4) is 0 Å². The molecule has 2 aromatic heterocycles. The van der Waals surface area contributed by atoms with Gasteiger partial charge >= 0.3 is 0 Å². The predicted molar refractivity (Wildman–Crippen MR) is 63.8 cm³/mol.